The fourth-order valence-corrected chi connectivity index (χ4v) is 1.16. The molecule has 0 bridgehead atoms. The third-order valence-electron chi connectivity index (χ3n) is 1.86. The van der Waals surface area contributed by atoms with Crippen molar-refractivity contribution < 1.29 is 9.90 Å². The number of hydrogen-bond donors (Lipinski definition) is 1. The first-order valence-electron chi connectivity index (χ1n) is 5.05. The molecular weight excluding hydrogens is 200 g/mol. The van der Waals surface area contributed by atoms with Crippen molar-refractivity contribution in [2.75, 3.05) is 0 Å². The molecule has 0 saturated heterocycles. The van der Waals surface area contributed by atoms with Crippen LogP contribution in [0, 0.1) is 0 Å². The van der Waals surface area contributed by atoms with Crippen LogP contribution < -0.4 is 0 Å². The molecule has 0 spiro atoms. The average Bonchev–Trinajstić information content (AvgIpc) is 2.32. The predicted molar refractivity (Wildman–Crippen MR) is 64.2 cm³/mol. The minimum Gasteiger partial charge on any atom is -0.481 e. The molecule has 0 aromatic heterocycles. The summed E-state index contributed by atoms with van der Waals surface area (Å²) in [5, 5.41) is 8.37. The zero-order valence-corrected chi connectivity index (χ0v) is 8.91. The highest BCUT2D eigenvalue weighted by molar-refractivity contribution is 5.70. The van der Waals surface area contributed by atoms with Gasteiger partial charge in [-0.15, -0.1) is 0 Å². The van der Waals surface area contributed by atoms with Crippen molar-refractivity contribution in [3.63, 3.8) is 0 Å². The van der Waals surface area contributed by atoms with E-state index in [1.165, 1.54) is 0 Å². The summed E-state index contributed by atoms with van der Waals surface area (Å²) in [7, 11) is 0. The van der Waals surface area contributed by atoms with E-state index in [-0.39, 0.29) is 6.42 Å². The van der Waals surface area contributed by atoms with Gasteiger partial charge < -0.3 is 5.11 Å². The number of carbonyl (C=O) groups is 1. The molecule has 0 aliphatic carbocycles. The Morgan fingerprint density at radius 3 is 1.56 bits per heavy atom. The van der Waals surface area contributed by atoms with Crippen molar-refractivity contribution in [2.24, 2.45) is 0 Å². The van der Waals surface area contributed by atoms with Crippen molar-refractivity contribution in [3.05, 3.63) is 72.3 Å². The molecule has 2 rings (SSSR count). The summed E-state index contributed by atoms with van der Waals surface area (Å²) in [6, 6.07) is 21.1. The zero-order chi connectivity index (χ0) is 11.6. The largest absolute Gasteiger partial charge is 0.481 e. The Hall–Kier alpha value is -2.09. The second-order valence-corrected chi connectivity index (χ2v) is 3.21. The summed E-state index contributed by atoms with van der Waals surface area (Å²) in [5.74, 6) is -0.786. The van der Waals surface area contributed by atoms with Gasteiger partial charge in [0.15, 0.2) is 0 Å². The minimum atomic E-state index is -0.786. The van der Waals surface area contributed by atoms with E-state index in [9.17, 15) is 4.79 Å². The molecule has 0 fully saturated rings. The van der Waals surface area contributed by atoms with Crippen LogP contribution in [0.25, 0.3) is 0 Å². The summed E-state index contributed by atoms with van der Waals surface area (Å²) in [6.07, 6.45) is 0.112. The number of carboxylic acid groups (broad SMARTS) is 1. The second kappa shape index (κ2) is 7.23. The lowest BCUT2D eigenvalue weighted by atomic mass is 10.2. The monoisotopic (exact) mass is 214 g/mol. The van der Waals surface area contributed by atoms with Crippen LogP contribution in [0.4, 0.5) is 0 Å². The smallest absolute Gasteiger partial charge is 0.307 e. The van der Waals surface area contributed by atoms with Crippen molar-refractivity contribution >= 4 is 5.97 Å². The van der Waals surface area contributed by atoms with Crippen LogP contribution in [-0.4, -0.2) is 11.1 Å². The third kappa shape index (κ3) is 5.60. The van der Waals surface area contributed by atoms with Gasteiger partial charge in [0.05, 0.1) is 6.42 Å². The van der Waals surface area contributed by atoms with Gasteiger partial charge in [-0.2, -0.15) is 0 Å². The Morgan fingerprint density at radius 2 is 1.19 bits per heavy atom. The molecule has 0 heterocycles. The number of carboxylic acids is 1. The molecule has 0 atom stereocenters. The first kappa shape index (κ1) is 12.0. The molecule has 82 valence electrons. The molecule has 0 radical (unpaired) electrons. The van der Waals surface area contributed by atoms with Crippen molar-refractivity contribution in [1.82, 2.24) is 0 Å². The van der Waals surface area contributed by atoms with Crippen molar-refractivity contribution in [3.8, 4) is 0 Å². The maximum Gasteiger partial charge on any atom is 0.307 e. The van der Waals surface area contributed by atoms with E-state index in [2.05, 4.69) is 0 Å². The van der Waals surface area contributed by atoms with Crippen LogP contribution in [-0.2, 0) is 11.2 Å². The molecule has 16 heavy (non-hydrogen) atoms. The minimum absolute atomic E-state index is 0.112. The number of rotatable bonds is 2. The van der Waals surface area contributed by atoms with Crippen LogP contribution in [0.1, 0.15) is 5.56 Å². The molecule has 2 heteroatoms. The average molecular weight is 214 g/mol. The maximum atomic E-state index is 10.2. The van der Waals surface area contributed by atoms with Gasteiger partial charge in [-0.05, 0) is 5.56 Å². The zero-order valence-electron chi connectivity index (χ0n) is 8.91. The second-order valence-electron chi connectivity index (χ2n) is 3.21. The highest BCUT2D eigenvalue weighted by Crippen LogP contribution is 1.98. The fraction of sp³-hybridized carbons (Fsp3) is 0.0714. The highest BCUT2D eigenvalue weighted by Gasteiger charge is 1.96. The van der Waals surface area contributed by atoms with Crippen LogP contribution in [0.15, 0.2) is 66.7 Å². The predicted octanol–water partition coefficient (Wildman–Crippen LogP) is 3.00. The van der Waals surface area contributed by atoms with Crippen LogP contribution in [0.5, 0.6) is 0 Å². The Labute approximate surface area is 95.2 Å². The molecule has 2 aromatic carbocycles. The number of aliphatic carboxylic acids is 1. The van der Waals surface area contributed by atoms with Gasteiger partial charge in [-0.25, -0.2) is 0 Å². The van der Waals surface area contributed by atoms with Crippen LogP contribution in [0.3, 0.4) is 0 Å². The van der Waals surface area contributed by atoms with E-state index in [1.807, 2.05) is 54.6 Å². The van der Waals surface area contributed by atoms with E-state index in [0.717, 1.165) is 5.56 Å². The van der Waals surface area contributed by atoms with Crippen molar-refractivity contribution in [2.45, 2.75) is 6.42 Å². The fourth-order valence-electron chi connectivity index (χ4n) is 1.16. The first-order valence-corrected chi connectivity index (χ1v) is 5.05. The van der Waals surface area contributed by atoms with E-state index < -0.39 is 5.97 Å². The van der Waals surface area contributed by atoms with E-state index in [0.29, 0.717) is 0 Å². The Kier molecular flexibility index (Phi) is 5.42. The van der Waals surface area contributed by atoms with Crippen LogP contribution in [0.2, 0.25) is 0 Å². The molecule has 0 aliphatic rings. The highest BCUT2D eigenvalue weighted by atomic mass is 16.4. The summed E-state index contributed by atoms with van der Waals surface area (Å²) in [5.41, 5.74) is 0.843. The van der Waals surface area contributed by atoms with Gasteiger partial charge in [-0.3, -0.25) is 4.79 Å². The maximum absolute atomic E-state index is 10.2. The lowest BCUT2D eigenvalue weighted by Gasteiger charge is -1.92. The topological polar surface area (TPSA) is 37.3 Å². The molecule has 0 aliphatic heterocycles. The van der Waals surface area contributed by atoms with Gasteiger partial charge in [0.1, 0.15) is 0 Å². The summed E-state index contributed by atoms with van der Waals surface area (Å²) in [6.45, 7) is 0. The summed E-state index contributed by atoms with van der Waals surface area (Å²) >= 11 is 0. The van der Waals surface area contributed by atoms with E-state index in [4.69, 9.17) is 5.11 Å². The van der Waals surface area contributed by atoms with Gasteiger partial charge in [0.25, 0.3) is 0 Å². The van der Waals surface area contributed by atoms with E-state index >= 15 is 0 Å². The lowest BCUT2D eigenvalue weighted by molar-refractivity contribution is -0.136. The normalized spacial score (nSPS) is 8.75. The summed E-state index contributed by atoms with van der Waals surface area (Å²) in [4.78, 5) is 10.2. The van der Waals surface area contributed by atoms with Crippen molar-refractivity contribution in [1.29, 1.82) is 0 Å². The standard InChI is InChI=1S/C8H8O2.C6H6/c9-8(10)6-7-4-2-1-3-5-7;1-2-4-6-5-3-1/h1-5H,6H2,(H,9,10);1-6H. The van der Waals surface area contributed by atoms with Gasteiger partial charge >= 0.3 is 5.97 Å². The molecule has 1 N–H and O–H groups in total. The molecule has 0 unspecified atom stereocenters. The molecule has 2 nitrogen and oxygen atoms in total. The van der Waals surface area contributed by atoms with E-state index in [1.54, 1.807) is 12.1 Å². The Morgan fingerprint density at radius 1 is 0.812 bits per heavy atom. The number of hydrogen-bond acceptors (Lipinski definition) is 1. The van der Waals surface area contributed by atoms with Gasteiger partial charge in [0, 0.05) is 0 Å². The first-order chi connectivity index (χ1) is 7.79. The summed E-state index contributed by atoms with van der Waals surface area (Å²) < 4.78 is 0. The lowest BCUT2D eigenvalue weighted by Crippen LogP contribution is -1.98. The SMILES string of the molecule is O=C(O)Cc1ccccc1.c1ccccc1. The molecular formula is C14H14O2. The molecule has 0 amide bonds. The van der Waals surface area contributed by atoms with Gasteiger partial charge in [-0.1, -0.05) is 66.7 Å². The Balaban J connectivity index is 0.000000181. The molecule has 0 saturated carbocycles. The van der Waals surface area contributed by atoms with Gasteiger partial charge in [0.2, 0.25) is 0 Å². The Bertz CT molecular complexity index is 369. The quantitative estimate of drug-likeness (QED) is 0.834. The number of benzene rings is 2. The van der Waals surface area contributed by atoms with Crippen LogP contribution >= 0.6 is 0 Å². The third-order valence-corrected chi connectivity index (χ3v) is 1.86. The molecule has 2 aromatic rings.